The number of aromatic hydroxyl groups is 1. The minimum absolute atomic E-state index is 0.353. The van der Waals surface area contributed by atoms with Crippen molar-refractivity contribution < 1.29 is 9.50 Å². The summed E-state index contributed by atoms with van der Waals surface area (Å²) in [5.41, 5.74) is 2.20. The highest BCUT2D eigenvalue weighted by molar-refractivity contribution is 7.99. The summed E-state index contributed by atoms with van der Waals surface area (Å²) < 4.78 is 13.7. The third-order valence-corrected chi connectivity index (χ3v) is 5.07. The van der Waals surface area contributed by atoms with Crippen LogP contribution in [0, 0.1) is 5.82 Å². The van der Waals surface area contributed by atoms with E-state index in [0.29, 0.717) is 17.3 Å². The summed E-state index contributed by atoms with van der Waals surface area (Å²) in [5, 5.41) is 13.7. The zero-order valence-corrected chi connectivity index (χ0v) is 15.2. The van der Waals surface area contributed by atoms with Gasteiger partial charge in [0.25, 0.3) is 0 Å². The fourth-order valence-corrected chi connectivity index (χ4v) is 3.51. The zero-order valence-electron chi connectivity index (χ0n) is 13.6. The second kappa shape index (κ2) is 7.85. The van der Waals surface area contributed by atoms with Gasteiger partial charge in [-0.05, 0) is 48.0 Å². The van der Waals surface area contributed by atoms with E-state index in [-0.39, 0.29) is 5.75 Å². The Morgan fingerprint density at radius 1 is 1.08 bits per heavy atom. The molecule has 2 N–H and O–H groups in total. The van der Waals surface area contributed by atoms with Crippen molar-refractivity contribution in [2.45, 2.75) is 16.3 Å². The van der Waals surface area contributed by atoms with E-state index in [0.717, 1.165) is 20.8 Å². The van der Waals surface area contributed by atoms with Crippen LogP contribution < -0.4 is 10.8 Å². The first-order valence-corrected chi connectivity index (χ1v) is 8.96. The van der Waals surface area contributed by atoms with Crippen LogP contribution in [0.15, 0.2) is 70.5 Å². The van der Waals surface area contributed by atoms with Gasteiger partial charge in [-0.25, -0.2) is 4.39 Å². The Morgan fingerprint density at radius 2 is 1.80 bits per heavy atom. The number of benzene rings is 3. The van der Waals surface area contributed by atoms with Crippen molar-refractivity contribution in [3.05, 3.63) is 77.1 Å². The molecule has 2 nitrogen and oxygen atoms in total. The maximum Gasteiger partial charge on any atom is 0.174 e. The average molecular weight is 372 g/mol. The smallest absolute Gasteiger partial charge is 0.174 e. The normalized spacial score (nSPS) is 10.6. The van der Waals surface area contributed by atoms with Crippen LogP contribution in [0.25, 0.3) is 0 Å². The van der Waals surface area contributed by atoms with Crippen LogP contribution in [0.4, 0.5) is 10.1 Å². The van der Waals surface area contributed by atoms with Gasteiger partial charge in [0.15, 0.2) is 11.6 Å². The number of hydrogen-bond donors (Lipinski definition) is 2. The number of nitrogens with one attached hydrogen (secondary N) is 1. The molecule has 0 unspecified atom stereocenters. The van der Waals surface area contributed by atoms with Gasteiger partial charge in [-0.1, -0.05) is 47.0 Å². The Labute approximate surface area is 156 Å². The van der Waals surface area contributed by atoms with Crippen molar-refractivity contribution in [1.82, 2.24) is 0 Å². The molecule has 0 saturated heterocycles. The molecule has 0 atom stereocenters. The molecule has 0 aliphatic rings. The summed E-state index contributed by atoms with van der Waals surface area (Å²) in [7, 11) is 1.79. The highest BCUT2D eigenvalue weighted by Gasteiger charge is 2.10. The molecule has 0 radical (unpaired) electrons. The van der Waals surface area contributed by atoms with Crippen molar-refractivity contribution in [2.24, 2.45) is 0 Å². The molecule has 0 aliphatic heterocycles. The van der Waals surface area contributed by atoms with Crippen LogP contribution in [-0.2, 0) is 6.54 Å². The van der Waals surface area contributed by atoms with Gasteiger partial charge in [-0.15, -0.1) is 0 Å². The van der Waals surface area contributed by atoms with Gasteiger partial charge >= 0.3 is 0 Å². The highest BCUT2D eigenvalue weighted by Crippen LogP contribution is 2.32. The average Bonchev–Trinajstić information content (AvgIpc) is 2.60. The van der Waals surface area contributed by atoms with Crippen molar-refractivity contribution in [3.8, 4) is 5.75 Å². The quantitative estimate of drug-likeness (QED) is 0.520. The summed E-state index contributed by atoms with van der Waals surface area (Å²) in [5.74, 6) is -0.972. The van der Waals surface area contributed by atoms with Crippen LogP contribution >= 0.6 is 23.4 Å². The molecule has 6 heteroatoms. The maximum absolute atomic E-state index is 13.7. The lowest BCUT2D eigenvalue weighted by molar-refractivity contribution is 0.435. The van der Waals surface area contributed by atoms with E-state index in [1.54, 1.807) is 25.7 Å². The summed E-state index contributed by atoms with van der Waals surface area (Å²) in [6, 6.07) is 18.7. The van der Waals surface area contributed by atoms with E-state index in [1.807, 2.05) is 48.5 Å². The molecule has 0 amide bonds. The summed E-state index contributed by atoms with van der Waals surface area (Å²) >= 11 is 7.56. The molecule has 3 aromatic rings. The molecule has 25 heavy (non-hydrogen) atoms. The Hall–Kier alpha value is -2.11. The minimum atomic E-state index is -0.619. The zero-order chi connectivity index (χ0) is 17.8. The molecule has 0 fully saturated rings. The highest BCUT2D eigenvalue weighted by atomic mass is 35.5. The molecule has 3 aromatic carbocycles. The third kappa shape index (κ3) is 4.50. The molecule has 3 rings (SSSR count). The van der Waals surface area contributed by atoms with E-state index in [4.69, 9.17) is 11.6 Å². The van der Waals surface area contributed by atoms with Crippen molar-refractivity contribution in [3.63, 3.8) is 0 Å². The molecular weight excluding hydrogens is 356 g/mol. The fourth-order valence-electron chi connectivity index (χ4n) is 2.44. The molecule has 0 aromatic heterocycles. The summed E-state index contributed by atoms with van der Waals surface area (Å²) in [4.78, 5) is 2.17. The molecule has 0 spiro atoms. The topological polar surface area (TPSA) is 32.3 Å². The lowest BCUT2D eigenvalue weighted by atomic mass is 9.95. The van der Waals surface area contributed by atoms with Crippen molar-refractivity contribution in [2.75, 3.05) is 5.32 Å². The molecule has 0 aliphatic carbocycles. The first-order chi connectivity index (χ1) is 12.0. The van der Waals surface area contributed by atoms with Gasteiger partial charge in [-0.2, -0.15) is 0 Å². The molecule has 0 bridgehead atoms. The standard InChI is InChI=1S/C19H16BClFNOS/c20-13-9-16(22)19(24)17(10-13)23-11-12-3-1-2-4-18(12)25-15-7-5-14(21)6-8-15/h1-10,23-24H,11,20H2. The van der Waals surface area contributed by atoms with E-state index in [1.165, 1.54) is 6.07 Å². The largest absolute Gasteiger partial charge is 0.503 e. The Balaban J connectivity index is 1.78. The molecule has 126 valence electrons. The van der Waals surface area contributed by atoms with Crippen LogP contribution in [0.1, 0.15) is 5.56 Å². The first-order valence-electron chi connectivity index (χ1n) is 7.77. The third-order valence-electron chi connectivity index (χ3n) is 3.69. The van der Waals surface area contributed by atoms with Crippen molar-refractivity contribution >= 4 is 42.4 Å². The second-order valence-corrected chi connectivity index (χ2v) is 7.21. The van der Waals surface area contributed by atoms with Crippen molar-refractivity contribution in [1.29, 1.82) is 0 Å². The number of anilines is 1. The molecule has 0 heterocycles. The van der Waals surface area contributed by atoms with Gasteiger partial charge in [0, 0.05) is 21.4 Å². The van der Waals surface area contributed by atoms with Gasteiger partial charge < -0.3 is 10.4 Å². The monoisotopic (exact) mass is 371 g/mol. The van der Waals surface area contributed by atoms with Gasteiger partial charge in [0.2, 0.25) is 0 Å². The van der Waals surface area contributed by atoms with Crippen LogP contribution in [0.5, 0.6) is 5.75 Å². The van der Waals surface area contributed by atoms with Crippen LogP contribution in [-0.4, -0.2) is 13.0 Å². The number of phenols is 1. The Kier molecular flexibility index (Phi) is 5.56. The van der Waals surface area contributed by atoms with Gasteiger partial charge in [0.05, 0.1) is 5.69 Å². The lowest BCUT2D eigenvalue weighted by Gasteiger charge is -2.13. The Morgan fingerprint density at radius 3 is 2.56 bits per heavy atom. The van der Waals surface area contributed by atoms with Crippen LogP contribution in [0.3, 0.4) is 0 Å². The second-order valence-electron chi connectivity index (χ2n) is 5.66. The van der Waals surface area contributed by atoms with Gasteiger partial charge in [0.1, 0.15) is 7.85 Å². The van der Waals surface area contributed by atoms with E-state index in [2.05, 4.69) is 5.32 Å². The van der Waals surface area contributed by atoms with E-state index < -0.39 is 5.82 Å². The maximum atomic E-state index is 13.7. The Bertz CT molecular complexity index is 889. The number of halogens is 2. The van der Waals surface area contributed by atoms with E-state index in [9.17, 15) is 9.50 Å². The summed E-state index contributed by atoms with van der Waals surface area (Å²) in [6.07, 6.45) is 0. The number of phenolic OH excluding ortho intramolecular Hbond substituents is 1. The fraction of sp³-hybridized carbons (Fsp3) is 0.0526. The van der Waals surface area contributed by atoms with E-state index >= 15 is 0 Å². The van der Waals surface area contributed by atoms with Gasteiger partial charge in [-0.3, -0.25) is 0 Å². The lowest BCUT2D eigenvalue weighted by Crippen LogP contribution is -2.08. The summed E-state index contributed by atoms with van der Waals surface area (Å²) in [6.45, 7) is 0.479. The SMILES string of the molecule is Bc1cc(F)c(O)c(NCc2ccccc2Sc2ccc(Cl)cc2)c1. The predicted molar refractivity (Wildman–Crippen MR) is 106 cm³/mol. The first kappa shape index (κ1) is 17.7. The predicted octanol–water partition coefficient (Wildman–Crippen LogP) is 4.21. The number of hydrogen-bond acceptors (Lipinski definition) is 3. The molecule has 0 saturated carbocycles. The minimum Gasteiger partial charge on any atom is -0.503 e. The van der Waals surface area contributed by atoms with Crippen LogP contribution in [0.2, 0.25) is 5.02 Å². The molecular formula is C19H16BClFNOS. The number of rotatable bonds is 5.